The van der Waals surface area contributed by atoms with E-state index in [1.165, 1.54) is 24.8 Å². The zero-order chi connectivity index (χ0) is 15.9. The Morgan fingerprint density at radius 1 is 1.18 bits per heavy atom. The summed E-state index contributed by atoms with van der Waals surface area (Å²) >= 11 is 0. The molecule has 1 saturated carbocycles. The highest BCUT2D eigenvalue weighted by atomic mass is 16.7. The third-order valence-corrected chi connectivity index (χ3v) is 4.56. The van der Waals surface area contributed by atoms with Crippen LogP contribution in [-0.4, -0.2) is 46.1 Å². The lowest BCUT2D eigenvalue weighted by Gasteiger charge is -2.39. The van der Waals surface area contributed by atoms with E-state index in [1.807, 2.05) is 13.2 Å². The molecular weight excluding hydrogens is 278 g/mol. The fourth-order valence-corrected chi connectivity index (χ4v) is 3.62. The van der Waals surface area contributed by atoms with E-state index in [-0.39, 0.29) is 6.79 Å². The largest absolute Gasteiger partial charge is 0.468 e. The Kier molecular flexibility index (Phi) is 6.68. The molecule has 0 aliphatic heterocycles. The van der Waals surface area contributed by atoms with E-state index in [2.05, 4.69) is 37.2 Å². The van der Waals surface area contributed by atoms with E-state index >= 15 is 0 Å². The van der Waals surface area contributed by atoms with Crippen LogP contribution in [0.2, 0.25) is 0 Å². The SMILES string of the molecule is COCOc1cccc(C(C2CCCCC2OC)N(C)C)c1. The molecule has 1 aromatic rings. The standard InChI is InChI=1S/C18H29NO3/c1-19(2)18(16-10-5-6-11-17(16)21-4)14-8-7-9-15(12-14)22-13-20-3/h7-9,12,16-18H,5-6,10-11,13H2,1-4H3. The molecule has 4 nitrogen and oxygen atoms in total. The van der Waals surface area contributed by atoms with Crippen molar-refractivity contribution in [3.8, 4) is 5.75 Å². The molecule has 0 bridgehead atoms. The number of benzene rings is 1. The second-order valence-electron chi connectivity index (χ2n) is 6.25. The molecule has 0 N–H and O–H groups in total. The molecule has 0 amide bonds. The van der Waals surface area contributed by atoms with Crippen molar-refractivity contribution in [1.29, 1.82) is 0 Å². The summed E-state index contributed by atoms with van der Waals surface area (Å²) in [5.41, 5.74) is 1.28. The van der Waals surface area contributed by atoms with Gasteiger partial charge in [0.2, 0.25) is 0 Å². The van der Waals surface area contributed by atoms with Crippen LogP contribution in [0.3, 0.4) is 0 Å². The van der Waals surface area contributed by atoms with Gasteiger partial charge in [-0.3, -0.25) is 0 Å². The third-order valence-electron chi connectivity index (χ3n) is 4.56. The first kappa shape index (κ1) is 17.3. The summed E-state index contributed by atoms with van der Waals surface area (Å²) in [4.78, 5) is 2.30. The molecule has 0 saturated heterocycles. The van der Waals surface area contributed by atoms with Crippen molar-refractivity contribution in [2.24, 2.45) is 5.92 Å². The molecule has 124 valence electrons. The van der Waals surface area contributed by atoms with Gasteiger partial charge in [0.05, 0.1) is 6.10 Å². The van der Waals surface area contributed by atoms with E-state index in [4.69, 9.17) is 14.2 Å². The highest BCUT2D eigenvalue weighted by Crippen LogP contribution is 2.39. The van der Waals surface area contributed by atoms with Gasteiger partial charge in [0.1, 0.15) is 5.75 Å². The quantitative estimate of drug-likeness (QED) is 0.722. The van der Waals surface area contributed by atoms with Crippen LogP contribution in [0.1, 0.15) is 37.3 Å². The average molecular weight is 307 g/mol. The molecule has 2 rings (SSSR count). The monoisotopic (exact) mass is 307 g/mol. The first-order valence-corrected chi connectivity index (χ1v) is 8.08. The molecule has 1 aromatic carbocycles. The Bertz CT molecular complexity index is 450. The van der Waals surface area contributed by atoms with E-state index in [9.17, 15) is 0 Å². The van der Waals surface area contributed by atoms with Gasteiger partial charge >= 0.3 is 0 Å². The molecule has 3 atom stereocenters. The van der Waals surface area contributed by atoms with E-state index < -0.39 is 0 Å². The predicted octanol–water partition coefficient (Wildman–Crippen LogP) is 3.48. The van der Waals surface area contributed by atoms with Crippen LogP contribution < -0.4 is 4.74 Å². The van der Waals surface area contributed by atoms with Gasteiger partial charge in [0.25, 0.3) is 0 Å². The van der Waals surface area contributed by atoms with Gasteiger partial charge in [0, 0.05) is 26.2 Å². The Labute approximate surface area is 134 Å². The first-order valence-electron chi connectivity index (χ1n) is 8.08. The van der Waals surface area contributed by atoms with Gasteiger partial charge in [-0.1, -0.05) is 25.0 Å². The van der Waals surface area contributed by atoms with Crippen molar-refractivity contribution in [3.05, 3.63) is 29.8 Å². The second-order valence-corrected chi connectivity index (χ2v) is 6.25. The molecule has 1 fully saturated rings. The molecular formula is C18H29NO3. The van der Waals surface area contributed by atoms with Crippen molar-refractivity contribution in [3.63, 3.8) is 0 Å². The summed E-state index contributed by atoms with van der Waals surface area (Å²) in [6.45, 7) is 0.278. The Hall–Kier alpha value is -1.10. The molecule has 1 aliphatic rings. The van der Waals surface area contributed by atoms with E-state index in [0.717, 1.165) is 12.2 Å². The molecule has 0 heterocycles. The van der Waals surface area contributed by atoms with Gasteiger partial charge in [-0.25, -0.2) is 0 Å². The number of ether oxygens (including phenoxy) is 3. The Balaban J connectivity index is 2.23. The van der Waals surface area contributed by atoms with Crippen molar-refractivity contribution >= 4 is 0 Å². The summed E-state index contributed by atoms with van der Waals surface area (Å²) < 4.78 is 16.4. The molecule has 1 aliphatic carbocycles. The minimum atomic E-state index is 0.278. The van der Waals surface area contributed by atoms with Gasteiger partial charge in [-0.15, -0.1) is 0 Å². The Morgan fingerprint density at radius 2 is 1.95 bits per heavy atom. The molecule has 4 heteroatoms. The van der Waals surface area contributed by atoms with E-state index in [0.29, 0.717) is 18.1 Å². The summed E-state index contributed by atoms with van der Waals surface area (Å²) in [6, 6.07) is 8.69. The fourth-order valence-electron chi connectivity index (χ4n) is 3.62. The summed E-state index contributed by atoms with van der Waals surface area (Å²) in [7, 11) is 7.77. The zero-order valence-corrected chi connectivity index (χ0v) is 14.2. The summed E-state index contributed by atoms with van der Waals surface area (Å²) in [6.07, 6.45) is 5.27. The zero-order valence-electron chi connectivity index (χ0n) is 14.2. The van der Waals surface area contributed by atoms with Gasteiger partial charge in [-0.2, -0.15) is 0 Å². The van der Waals surface area contributed by atoms with Crippen LogP contribution in [0.5, 0.6) is 5.75 Å². The molecule has 0 aromatic heterocycles. The lowest BCUT2D eigenvalue weighted by Crippen LogP contribution is -2.37. The Morgan fingerprint density at radius 3 is 2.64 bits per heavy atom. The third kappa shape index (κ3) is 4.22. The van der Waals surface area contributed by atoms with Crippen LogP contribution in [0, 0.1) is 5.92 Å². The number of methoxy groups -OCH3 is 2. The minimum Gasteiger partial charge on any atom is -0.468 e. The highest BCUT2D eigenvalue weighted by Gasteiger charge is 2.34. The van der Waals surface area contributed by atoms with Crippen molar-refractivity contribution in [2.45, 2.75) is 37.8 Å². The number of hydrogen-bond donors (Lipinski definition) is 0. The topological polar surface area (TPSA) is 30.9 Å². The second kappa shape index (κ2) is 8.51. The smallest absolute Gasteiger partial charge is 0.188 e. The minimum absolute atomic E-state index is 0.278. The van der Waals surface area contributed by atoms with Crippen molar-refractivity contribution in [1.82, 2.24) is 4.90 Å². The van der Waals surface area contributed by atoms with Crippen LogP contribution >= 0.6 is 0 Å². The van der Waals surface area contributed by atoms with Crippen LogP contribution in [0.4, 0.5) is 0 Å². The first-order chi connectivity index (χ1) is 10.7. The van der Waals surface area contributed by atoms with Crippen LogP contribution in [0.25, 0.3) is 0 Å². The van der Waals surface area contributed by atoms with Crippen LogP contribution in [-0.2, 0) is 9.47 Å². The average Bonchev–Trinajstić information content (AvgIpc) is 2.53. The predicted molar refractivity (Wildman–Crippen MR) is 88.1 cm³/mol. The van der Waals surface area contributed by atoms with E-state index in [1.54, 1.807) is 7.11 Å². The van der Waals surface area contributed by atoms with Gasteiger partial charge in [-0.05, 0) is 44.6 Å². The van der Waals surface area contributed by atoms with Gasteiger partial charge in [0.15, 0.2) is 6.79 Å². The number of nitrogens with zero attached hydrogens (tertiary/aromatic N) is 1. The maximum atomic E-state index is 5.77. The number of hydrogen-bond acceptors (Lipinski definition) is 4. The van der Waals surface area contributed by atoms with Crippen molar-refractivity contribution < 1.29 is 14.2 Å². The lowest BCUT2D eigenvalue weighted by molar-refractivity contribution is -0.0110. The van der Waals surface area contributed by atoms with Crippen molar-refractivity contribution in [2.75, 3.05) is 35.1 Å². The molecule has 0 spiro atoms. The molecule has 0 radical (unpaired) electrons. The van der Waals surface area contributed by atoms with Gasteiger partial charge < -0.3 is 19.1 Å². The number of rotatable bonds is 7. The summed E-state index contributed by atoms with van der Waals surface area (Å²) in [5, 5.41) is 0. The maximum Gasteiger partial charge on any atom is 0.188 e. The molecule has 3 unspecified atom stereocenters. The fraction of sp³-hybridized carbons (Fsp3) is 0.667. The normalized spacial score (nSPS) is 23.5. The van der Waals surface area contributed by atoms with Crippen LogP contribution in [0.15, 0.2) is 24.3 Å². The molecule has 22 heavy (non-hydrogen) atoms. The lowest BCUT2D eigenvalue weighted by atomic mass is 9.78. The maximum absolute atomic E-state index is 5.77. The highest BCUT2D eigenvalue weighted by molar-refractivity contribution is 5.31. The summed E-state index contributed by atoms with van der Waals surface area (Å²) in [5.74, 6) is 1.38.